The highest BCUT2D eigenvalue weighted by Crippen LogP contribution is 2.37. The van der Waals surface area contributed by atoms with Crippen LogP contribution < -0.4 is 0 Å². The quantitative estimate of drug-likeness (QED) is 0.518. The number of halogens is 2. The molecule has 0 fully saturated rings. The molecule has 3 rings (SSSR count). The zero-order valence-electron chi connectivity index (χ0n) is 12.8. The summed E-state index contributed by atoms with van der Waals surface area (Å²) in [6.07, 6.45) is 0. The number of fused-ring (bicyclic) bond motifs is 1. The molecule has 0 spiro atoms. The van der Waals surface area contributed by atoms with Crippen molar-refractivity contribution >= 4 is 39.8 Å². The number of benzene rings is 2. The van der Waals surface area contributed by atoms with Crippen LogP contribution >= 0.6 is 23.2 Å². The Bertz CT molecular complexity index is 944. The van der Waals surface area contributed by atoms with Crippen LogP contribution in [0.15, 0.2) is 30.3 Å². The van der Waals surface area contributed by atoms with Gasteiger partial charge in [0.1, 0.15) is 11.4 Å². The Morgan fingerprint density at radius 3 is 2.38 bits per heavy atom. The molecule has 6 nitrogen and oxygen atoms in total. The molecule has 24 heavy (non-hydrogen) atoms. The lowest BCUT2D eigenvalue weighted by molar-refractivity contribution is -0.384. The van der Waals surface area contributed by atoms with E-state index in [-0.39, 0.29) is 27.4 Å². The smallest absolute Gasteiger partial charge is 0.272 e. The Labute approximate surface area is 147 Å². The maximum Gasteiger partial charge on any atom is 0.272 e. The Hall–Kier alpha value is -2.31. The molecule has 124 valence electrons. The standard InChI is InChI=1S/C16H13Cl2N3O3/c1-8(2)15-11-7-10(22)3-4-14(11)20(19-15)16-12(17)5-9(21(23)24)6-13(16)18/h3-8,22H,1-2H3. The number of nitrogens with zero attached hydrogens (tertiary/aromatic N) is 3. The molecule has 0 radical (unpaired) electrons. The molecule has 1 aromatic heterocycles. The van der Waals surface area contributed by atoms with Crippen molar-refractivity contribution in [3.63, 3.8) is 0 Å². The van der Waals surface area contributed by atoms with Crippen LogP contribution in [0.1, 0.15) is 25.5 Å². The normalized spacial score (nSPS) is 11.4. The van der Waals surface area contributed by atoms with Gasteiger partial charge in [0.25, 0.3) is 5.69 Å². The SMILES string of the molecule is CC(C)c1nn(-c2c(Cl)cc([N+](=O)[O-])cc2Cl)c2ccc(O)cc12. The van der Waals surface area contributed by atoms with E-state index >= 15 is 0 Å². The van der Waals surface area contributed by atoms with Gasteiger partial charge in [-0.2, -0.15) is 5.10 Å². The average Bonchev–Trinajstić information content (AvgIpc) is 2.85. The van der Waals surface area contributed by atoms with Crippen LogP contribution in [0.25, 0.3) is 16.6 Å². The third kappa shape index (κ3) is 2.68. The number of aromatic nitrogens is 2. The fourth-order valence-corrected chi connectivity index (χ4v) is 3.22. The van der Waals surface area contributed by atoms with E-state index in [1.807, 2.05) is 13.8 Å². The molecule has 1 N–H and O–H groups in total. The minimum absolute atomic E-state index is 0.103. The van der Waals surface area contributed by atoms with Crippen LogP contribution in [0, 0.1) is 10.1 Å². The monoisotopic (exact) mass is 365 g/mol. The first-order chi connectivity index (χ1) is 11.3. The summed E-state index contributed by atoms with van der Waals surface area (Å²) < 4.78 is 1.55. The van der Waals surface area contributed by atoms with Crippen molar-refractivity contribution in [2.24, 2.45) is 0 Å². The Kier molecular flexibility index (Phi) is 4.11. The van der Waals surface area contributed by atoms with Crippen molar-refractivity contribution in [2.45, 2.75) is 19.8 Å². The van der Waals surface area contributed by atoms with Gasteiger partial charge in [-0.25, -0.2) is 4.68 Å². The summed E-state index contributed by atoms with van der Waals surface area (Å²) in [6, 6.07) is 7.36. The minimum atomic E-state index is -0.555. The van der Waals surface area contributed by atoms with Gasteiger partial charge in [-0.1, -0.05) is 37.0 Å². The molecule has 0 saturated carbocycles. The summed E-state index contributed by atoms with van der Waals surface area (Å²) >= 11 is 12.5. The number of nitro benzene ring substituents is 1. The minimum Gasteiger partial charge on any atom is -0.508 e. The number of non-ortho nitro benzene ring substituents is 1. The largest absolute Gasteiger partial charge is 0.508 e. The van der Waals surface area contributed by atoms with E-state index < -0.39 is 4.92 Å². The maximum atomic E-state index is 10.9. The summed E-state index contributed by atoms with van der Waals surface area (Å²) in [7, 11) is 0. The topological polar surface area (TPSA) is 81.2 Å². The number of hydrogen-bond acceptors (Lipinski definition) is 4. The van der Waals surface area contributed by atoms with Crippen molar-refractivity contribution < 1.29 is 10.0 Å². The Morgan fingerprint density at radius 2 is 1.83 bits per heavy atom. The van der Waals surface area contributed by atoms with Gasteiger partial charge < -0.3 is 5.11 Å². The van der Waals surface area contributed by atoms with Gasteiger partial charge in [-0.05, 0) is 24.1 Å². The zero-order chi connectivity index (χ0) is 17.6. The van der Waals surface area contributed by atoms with Crippen LogP contribution in [0.3, 0.4) is 0 Å². The van der Waals surface area contributed by atoms with Gasteiger partial charge in [-0.15, -0.1) is 0 Å². The van der Waals surface area contributed by atoms with Crippen LogP contribution in [-0.4, -0.2) is 19.8 Å². The number of hydrogen-bond donors (Lipinski definition) is 1. The fourth-order valence-electron chi connectivity index (χ4n) is 2.59. The summed E-state index contributed by atoms with van der Waals surface area (Å²) in [5.74, 6) is 0.232. The molecule has 0 unspecified atom stereocenters. The first-order valence-corrected chi connectivity index (χ1v) is 7.90. The molecular formula is C16H13Cl2N3O3. The lowest BCUT2D eigenvalue weighted by atomic mass is 10.1. The van der Waals surface area contributed by atoms with Crippen LogP contribution in [0.2, 0.25) is 10.0 Å². The van der Waals surface area contributed by atoms with Crippen LogP contribution in [0.4, 0.5) is 5.69 Å². The molecule has 8 heteroatoms. The molecule has 0 atom stereocenters. The predicted molar refractivity (Wildman–Crippen MR) is 93.5 cm³/mol. The number of aromatic hydroxyl groups is 1. The summed E-state index contributed by atoms with van der Waals surface area (Å²) in [6.45, 7) is 3.96. The van der Waals surface area contributed by atoms with E-state index in [9.17, 15) is 15.2 Å². The van der Waals surface area contributed by atoms with E-state index in [2.05, 4.69) is 5.10 Å². The van der Waals surface area contributed by atoms with E-state index in [0.717, 1.165) is 11.1 Å². The molecule has 3 aromatic rings. The third-order valence-electron chi connectivity index (χ3n) is 3.66. The lowest BCUT2D eigenvalue weighted by Crippen LogP contribution is -2.01. The molecule has 0 aliphatic carbocycles. The van der Waals surface area contributed by atoms with Gasteiger partial charge >= 0.3 is 0 Å². The van der Waals surface area contributed by atoms with E-state index in [1.54, 1.807) is 16.8 Å². The molecule has 0 saturated heterocycles. The highest BCUT2D eigenvalue weighted by Gasteiger charge is 2.21. The second-order valence-corrected chi connectivity index (χ2v) is 6.48. The molecule has 1 heterocycles. The van der Waals surface area contributed by atoms with Crippen LogP contribution in [0.5, 0.6) is 5.75 Å². The lowest BCUT2D eigenvalue weighted by Gasteiger charge is -2.08. The van der Waals surface area contributed by atoms with E-state index in [4.69, 9.17) is 23.2 Å². The first kappa shape index (κ1) is 16.5. The summed E-state index contributed by atoms with van der Waals surface area (Å²) in [4.78, 5) is 10.4. The van der Waals surface area contributed by atoms with Crippen molar-refractivity contribution in [1.29, 1.82) is 0 Å². The molecule has 0 aliphatic rings. The number of rotatable bonds is 3. The van der Waals surface area contributed by atoms with Gasteiger partial charge in [0, 0.05) is 17.5 Å². The summed E-state index contributed by atoms with van der Waals surface area (Å²) in [5.41, 5.74) is 1.65. The fraction of sp³-hybridized carbons (Fsp3) is 0.188. The highest BCUT2D eigenvalue weighted by molar-refractivity contribution is 6.38. The molecule has 0 amide bonds. The van der Waals surface area contributed by atoms with Gasteiger partial charge in [0.05, 0.1) is 26.2 Å². The van der Waals surface area contributed by atoms with Gasteiger partial charge in [-0.3, -0.25) is 10.1 Å². The Balaban J connectivity index is 2.33. The van der Waals surface area contributed by atoms with Crippen molar-refractivity contribution in [2.75, 3.05) is 0 Å². The number of nitro groups is 1. The van der Waals surface area contributed by atoms with Crippen molar-refractivity contribution in [3.05, 3.63) is 56.2 Å². The van der Waals surface area contributed by atoms with Crippen molar-refractivity contribution in [1.82, 2.24) is 9.78 Å². The number of phenolic OH excluding ortho intramolecular Hbond substituents is 1. The molecular weight excluding hydrogens is 353 g/mol. The number of phenols is 1. The second-order valence-electron chi connectivity index (χ2n) is 5.67. The van der Waals surface area contributed by atoms with Gasteiger partial charge in [0.15, 0.2) is 0 Å². The van der Waals surface area contributed by atoms with E-state index in [0.29, 0.717) is 11.2 Å². The molecule has 0 bridgehead atoms. The molecule has 2 aromatic carbocycles. The van der Waals surface area contributed by atoms with E-state index in [1.165, 1.54) is 18.2 Å². The van der Waals surface area contributed by atoms with Crippen molar-refractivity contribution in [3.8, 4) is 11.4 Å². The average molecular weight is 366 g/mol. The zero-order valence-corrected chi connectivity index (χ0v) is 14.3. The predicted octanol–water partition coefficient (Wildman–Crippen LogP) is 5.07. The van der Waals surface area contributed by atoms with Gasteiger partial charge in [0.2, 0.25) is 0 Å². The summed E-state index contributed by atoms with van der Waals surface area (Å²) in [5, 5.41) is 26.3. The highest BCUT2D eigenvalue weighted by atomic mass is 35.5. The second kappa shape index (κ2) is 5.96. The first-order valence-electron chi connectivity index (χ1n) is 7.15. The molecule has 0 aliphatic heterocycles. The Morgan fingerprint density at radius 1 is 1.21 bits per heavy atom. The maximum absolute atomic E-state index is 10.9. The van der Waals surface area contributed by atoms with Crippen LogP contribution in [-0.2, 0) is 0 Å². The third-order valence-corrected chi connectivity index (χ3v) is 4.24.